The van der Waals surface area contributed by atoms with Crippen LogP contribution >= 0.6 is 11.6 Å². The van der Waals surface area contributed by atoms with Gasteiger partial charge >= 0.3 is 6.09 Å². The number of nitrogens with zero attached hydrogens (tertiary/aromatic N) is 5. The first-order valence-corrected chi connectivity index (χ1v) is 17.9. The van der Waals surface area contributed by atoms with Crippen LogP contribution in [0.2, 0.25) is 5.15 Å². The summed E-state index contributed by atoms with van der Waals surface area (Å²) in [6, 6.07) is 5.11. The standard InChI is InChI=1S/C29H37ClN6O5.C7H12O3/c1-18-6-9-34(10-7-18)11-8-31-27(37)26-19-17-32-25(30)16-20(19)36(33-26)22-15-24-21(14-23(22)39-5)35(12-13-40-24)28(38)41-29(2,3)4;8-6-10-5-7-1-3-9-4-2-7/h14-18H,6-13H2,1-5H3,(H,31,37);6-7H,1-5H2. The highest BCUT2D eigenvalue weighted by Gasteiger charge is 2.31. The van der Waals surface area contributed by atoms with Gasteiger partial charge < -0.3 is 33.9 Å². The van der Waals surface area contributed by atoms with Gasteiger partial charge in [0.1, 0.15) is 34.5 Å². The molecule has 5 heterocycles. The first kappa shape index (κ1) is 38.1. The van der Waals surface area contributed by atoms with Crippen LogP contribution in [-0.2, 0) is 19.0 Å². The maximum absolute atomic E-state index is 13.3. The number of anilines is 1. The Kier molecular flexibility index (Phi) is 13.0. The van der Waals surface area contributed by atoms with Crippen LogP contribution in [0.25, 0.3) is 16.6 Å². The molecule has 0 aliphatic carbocycles. The number of amides is 2. The zero-order chi connectivity index (χ0) is 36.5. The molecule has 1 aromatic carbocycles. The molecule has 2 aromatic heterocycles. The van der Waals surface area contributed by atoms with E-state index in [2.05, 4.69) is 32.0 Å². The SMILES string of the molecule is COc1cc2c(cc1-n1nc(C(=O)NCCN3CCC(C)CC3)c3cnc(Cl)cc31)OCCN2C(=O)OC(C)(C)C.O=COCC1CCOCC1. The second-order valence-electron chi connectivity index (χ2n) is 14.0. The molecule has 3 aliphatic rings. The van der Waals surface area contributed by atoms with E-state index in [9.17, 15) is 14.4 Å². The Balaban J connectivity index is 0.000000435. The molecule has 0 bridgehead atoms. The second kappa shape index (κ2) is 17.4. The van der Waals surface area contributed by atoms with Crippen molar-refractivity contribution in [1.82, 2.24) is 25.0 Å². The summed E-state index contributed by atoms with van der Waals surface area (Å²) < 4.78 is 28.6. The number of benzene rings is 1. The molecule has 0 unspecified atom stereocenters. The van der Waals surface area contributed by atoms with Gasteiger partial charge in [0.25, 0.3) is 12.4 Å². The van der Waals surface area contributed by atoms with Crippen LogP contribution in [-0.4, -0.2) is 110 Å². The summed E-state index contributed by atoms with van der Waals surface area (Å²) >= 11 is 6.27. The fourth-order valence-electron chi connectivity index (χ4n) is 6.19. The third-order valence-corrected chi connectivity index (χ3v) is 9.25. The minimum atomic E-state index is -0.649. The number of halogens is 1. The average molecular weight is 729 g/mol. The fourth-order valence-corrected chi connectivity index (χ4v) is 6.34. The lowest BCUT2D eigenvalue weighted by Crippen LogP contribution is -2.41. The summed E-state index contributed by atoms with van der Waals surface area (Å²) in [5, 5.41) is 8.51. The zero-order valence-corrected chi connectivity index (χ0v) is 30.9. The van der Waals surface area contributed by atoms with Crippen molar-refractivity contribution < 1.29 is 38.1 Å². The number of methoxy groups -OCH3 is 1. The van der Waals surface area contributed by atoms with E-state index in [4.69, 9.17) is 30.5 Å². The van der Waals surface area contributed by atoms with Gasteiger partial charge in [0.2, 0.25) is 0 Å². The Labute approximate surface area is 303 Å². The molecule has 51 heavy (non-hydrogen) atoms. The molecule has 14 nitrogen and oxygen atoms in total. The van der Waals surface area contributed by atoms with E-state index in [0.29, 0.717) is 65.9 Å². The molecule has 2 amide bonds. The molecule has 0 spiro atoms. The Bertz CT molecular complexity index is 1660. The normalized spacial score (nSPS) is 17.1. The van der Waals surface area contributed by atoms with Gasteiger partial charge in [-0.15, -0.1) is 0 Å². The number of nitrogens with one attached hydrogen (secondary N) is 1. The molecular weight excluding hydrogens is 680 g/mol. The first-order chi connectivity index (χ1) is 24.5. The average Bonchev–Trinajstić information content (AvgIpc) is 3.49. The molecule has 3 aromatic rings. The van der Waals surface area contributed by atoms with Crippen molar-refractivity contribution in [2.24, 2.45) is 11.8 Å². The van der Waals surface area contributed by atoms with Gasteiger partial charge in [-0.2, -0.15) is 5.10 Å². The van der Waals surface area contributed by atoms with Gasteiger partial charge in [-0.25, -0.2) is 14.5 Å². The third-order valence-electron chi connectivity index (χ3n) is 9.04. The Morgan fingerprint density at radius 1 is 1.06 bits per heavy atom. The van der Waals surface area contributed by atoms with Gasteiger partial charge in [-0.05, 0) is 71.4 Å². The lowest BCUT2D eigenvalue weighted by Gasteiger charge is -2.32. The van der Waals surface area contributed by atoms with Crippen molar-refractivity contribution in [2.75, 3.05) is 71.2 Å². The topological polar surface area (TPSA) is 147 Å². The Hall–Kier alpha value is -4.14. The number of fused-ring (bicyclic) bond motifs is 2. The van der Waals surface area contributed by atoms with Crippen molar-refractivity contribution in [3.63, 3.8) is 0 Å². The van der Waals surface area contributed by atoms with Crippen molar-refractivity contribution in [3.8, 4) is 17.2 Å². The van der Waals surface area contributed by atoms with E-state index < -0.39 is 11.7 Å². The number of carbonyl (C=O) groups is 3. The van der Waals surface area contributed by atoms with Crippen molar-refractivity contribution in [2.45, 2.75) is 59.0 Å². The van der Waals surface area contributed by atoms with Gasteiger partial charge in [0.05, 0.1) is 36.9 Å². The van der Waals surface area contributed by atoms with Crippen LogP contribution < -0.4 is 19.7 Å². The van der Waals surface area contributed by atoms with Crippen LogP contribution in [0.5, 0.6) is 11.5 Å². The predicted molar refractivity (Wildman–Crippen MR) is 192 cm³/mol. The zero-order valence-electron chi connectivity index (χ0n) is 30.1. The van der Waals surface area contributed by atoms with E-state index in [1.165, 1.54) is 24.9 Å². The summed E-state index contributed by atoms with van der Waals surface area (Å²) in [5.74, 6) is 1.86. The molecular formula is C36H49ClN6O8. The Morgan fingerprint density at radius 3 is 2.49 bits per heavy atom. The molecule has 0 atom stereocenters. The molecule has 6 rings (SSSR count). The van der Waals surface area contributed by atoms with Crippen LogP contribution in [0.3, 0.4) is 0 Å². The lowest BCUT2D eigenvalue weighted by molar-refractivity contribution is -0.130. The highest BCUT2D eigenvalue weighted by atomic mass is 35.5. The molecule has 2 fully saturated rings. The highest BCUT2D eigenvalue weighted by Crippen LogP contribution is 2.41. The summed E-state index contributed by atoms with van der Waals surface area (Å²) in [6.07, 6.45) is 5.47. The third kappa shape index (κ3) is 10.0. The second-order valence-corrected chi connectivity index (χ2v) is 14.4. The van der Waals surface area contributed by atoms with Gasteiger partial charge in [0.15, 0.2) is 5.69 Å². The number of likely N-dealkylation sites (tertiary alicyclic amines) is 1. The molecule has 0 saturated carbocycles. The quantitative estimate of drug-likeness (QED) is 0.227. The van der Waals surface area contributed by atoms with E-state index in [-0.39, 0.29) is 23.4 Å². The van der Waals surface area contributed by atoms with Crippen molar-refractivity contribution in [1.29, 1.82) is 0 Å². The number of hydrogen-bond acceptors (Lipinski definition) is 11. The van der Waals surface area contributed by atoms with E-state index >= 15 is 0 Å². The Morgan fingerprint density at radius 2 is 1.80 bits per heavy atom. The minimum absolute atomic E-state index is 0.229. The summed E-state index contributed by atoms with van der Waals surface area (Å²) in [4.78, 5) is 44.2. The number of pyridine rings is 1. The largest absolute Gasteiger partial charge is 0.494 e. The van der Waals surface area contributed by atoms with Gasteiger partial charge in [0, 0.05) is 50.7 Å². The van der Waals surface area contributed by atoms with Crippen molar-refractivity contribution in [3.05, 3.63) is 35.2 Å². The molecule has 2 saturated heterocycles. The fraction of sp³-hybridized carbons (Fsp3) is 0.583. The van der Waals surface area contributed by atoms with Crippen LogP contribution in [0, 0.1) is 11.8 Å². The van der Waals surface area contributed by atoms with Crippen LogP contribution in [0.15, 0.2) is 24.4 Å². The van der Waals surface area contributed by atoms with E-state index in [1.54, 1.807) is 29.1 Å². The van der Waals surface area contributed by atoms with Crippen LogP contribution in [0.4, 0.5) is 10.5 Å². The first-order valence-electron chi connectivity index (χ1n) is 17.5. The lowest BCUT2D eigenvalue weighted by atomic mass is 9.99. The van der Waals surface area contributed by atoms with E-state index in [0.717, 1.165) is 51.6 Å². The minimum Gasteiger partial charge on any atom is -0.494 e. The molecule has 0 radical (unpaired) electrons. The number of hydrogen-bond donors (Lipinski definition) is 1. The monoisotopic (exact) mass is 728 g/mol. The van der Waals surface area contributed by atoms with Crippen LogP contribution in [0.1, 0.15) is 63.9 Å². The molecule has 278 valence electrons. The summed E-state index contributed by atoms with van der Waals surface area (Å²) in [7, 11) is 1.53. The van der Waals surface area contributed by atoms with Crippen molar-refractivity contribution >= 4 is 46.7 Å². The maximum atomic E-state index is 13.3. The van der Waals surface area contributed by atoms with Gasteiger partial charge in [-0.3, -0.25) is 14.5 Å². The highest BCUT2D eigenvalue weighted by molar-refractivity contribution is 6.30. The maximum Gasteiger partial charge on any atom is 0.415 e. The number of piperidine rings is 1. The van der Waals surface area contributed by atoms with E-state index in [1.807, 2.05) is 20.8 Å². The number of carbonyl (C=O) groups excluding carboxylic acids is 3. The summed E-state index contributed by atoms with van der Waals surface area (Å²) in [6.45, 7) is 14.4. The number of aromatic nitrogens is 3. The number of rotatable bonds is 9. The molecule has 15 heteroatoms. The smallest absolute Gasteiger partial charge is 0.415 e. The van der Waals surface area contributed by atoms with Gasteiger partial charge in [-0.1, -0.05) is 18.5 Å². The summed E-state index contributed by atoms with van der Waals surface area (Å²) in [5.41, 5.74) is 1.20. The predicted octanol–water partition coefficient (Wildman–Crippen LogP) is 5.26. The number of ether oxygens (including phenoxy) is 5. The molecule has 1 N–H and O–H groups in total. The molecule has 3 aliphatic heterocycles.